The van der Waals surface area contributed by atoms with Crippen molar-refractivity contribution >= 4 is 44.8 Å². The van der Waals surface area contributed by atoms with Gasteiger partial charge in [0.2, 0.25) is 0 Å². The van der Waals surface area contributed by atoms with Crippen molar-refractivity contribution in [3.8, 4) is 0 Å². The summed E-state index contributed by atoms with van der Waals surface area (Å²) >= 11 is 1.67. The van der Waals surface area contributed by atoms with E-state index in [1.165, 1.54) is 4.88 Å². The number of para-hydroxylation sites is 1. The maximum Gasteiger partial charge on any atom is 0.336 e. The number of likely N-dealkylation sites (N-methyl/N-ethyl adjacent to an activating group) is 1. The zero-order chi connectivity index (χ0) is 21.0. The second kappa shape index (κ2) is 7.04. The summed E-state index contributed by atoms with van der Waals surface area (Å²) in [5, 5.41) is 10.7. The monoisotopic (exact) mass is 418 g/mol. The number of carbonyl (C=O) groups is 1. The van der Waals surface area contributed by atoms with E-state index in [0.717, 1.165) is 46.3 Å². The highest BCUT2D eigenvalue weighted by Crippen LogP contribution is 2.34. The number of carboxylic acids is 1. The van der Waals surface area contributed by atoms with Gasteiger partial charge in [-0.3, -0.25) is 9.30 Å². The second-order valence-corrected chi connectivity index (χ2v) is 8.90. The third-order valence-electron chi connectivity index (χ3n) is 5.71. The molecule has 3 aromatic heterocycles. The van der Waals surface area contributed by atoms with E-state index < -0.39 is 5.97 Å². The summed E-state index contributed by atoms with van der Waals surface area (Å²) in [6.45, 7) is 8.33. The van der Waals surface area contributed by atoms with E-state index in [4.69, 9.17) is 9.97 Å². The molecule has 0 bridgehead atoms. The number of hydrogen-bond acceptors (Lipinski definition) is 5. The van der Waals surface area contributed by atoms with Gasteiger partial charge in [0.05, 0.1) is 28.2 Å². The normalized spacial score (nSPS) is 15.9. The van der Waals surface area contributed by atoms with Crippen LogP contribution in [0.15, 0.2) is 30.5 Å². The van der Waals surface area contributed by atoms with Gasteiger partial charge in [0.15, 0.2) is 4.96 Å². The van der Waals surface area contributed by atoms with Gasteiger partial charge in [0, 0.05) is 35.1 Å². The Hall–Kier alpha value is -3.03. The molecule has 5 rings (SSSR count). The molecule has 4 heterocycles. The largest absolute Gasteiger partial charge is 0.478 e. The van der Waals surface area contributed by atoms with Gasteiger partial charge in [-0.05, 0) is 38.1 Å². The van der Waals surface area contributed by atoms with Crippen LogP contribution in [0.3, 0.4) is 0 Å². The molecule has 0 fully saturated rings. The Labute approximate surface area is 178 Å². The Kier molecular flexibility index (Phi) is 4.45. The van der Waals surface area contributed by atoms with Crippen molar-refractivity contribution < 1.29 is 9.90 Å². The van der Waals surface area contributed by atoms with Crippen molar-refractivity contribution in [3.63, 3.8) is 0 Å². The van der Waals surface area contributed by atoms with Crippen molar-refractivity contribution in [1.82, 2.24) is 19.3 Å². The molecule has 1 aliphatic rings. The first-order valence-corrected chi connectivity index (χ1v) is 10.8. The first-order valence-electron chi connectivity index (χ1n) is 9.99. The molecule has 0 amide bonds. The van der Waals surface area contributed by atoms with Crippen LogP contribution in [0.1, 0.15) is 44.8 Å². The van der Waals surface area contributed by atoms with Crippen LogP contribution in [0.5, 0.6) is 0 Å². The van der Waals surface area contributed by atoms with Crippen LogP contribution in [0, 0.1) is 13.8 Å². The lowest BCUT2D eigenvalue weighted by molar-refractivity contribution is 0.0696. The maximum atomic E-state index is 12.3. The molecule has 0 saturated heterocycles. The number of thiazole rings is 1. The number of benzene rings is 1. The van der Waals surface area contributed by atoms with Crippen LogP contribution in [0.4, 0.5) is 0 Å². The topological polar surface area (TPSA) is 70.7 Å². The van der Waals surface area contributed by atoms with Gasteiger partial charge in [0.1, 0.15) is 0 Å². The molecule has 7 heteroatoms. The summed E-state index contributed by atoms with van der Waals surface area (Å²) in [5.41, 5.74) is 5.67. The van der Waals surface area contributed by atoms with Gasteiger partial charge in [-0.15, -0.1) is 11.3 Å². The molecule has 4 aromatic rings. The van der Waals surface area contributed by atoms with Crippen molar-refractivity contribution in [3.05, 3.63) is 63.5 Å². The van der Waals surface area contributed by atoms with Gasteiger partial charge in [-0.1, -0.05) is 25.1 Å². The van der Waals surface area contributed by atoms with E-state index in [1.807, 2.05) is 31.2 Å². The average Bonchev–Trinajstić information content (AvgIpc) is 3.21. The van der Waals surface area contributed by atoms with Crippen LogP contribution in [0.2, 0.25) is 0 Å². The summed E-state index contributed by atoms with van der Waals surface area (Å²) in [6, 6.07) is 7.50. The summed E-state index contributed by atoms with van der Waals surface area (Å²) in [5.74, 6) is -0.904. The molecule has 6 nitrogen and oxygen atoms in total. The molecular formula is C23H22N4O2S. The standard InChI is InChI=1S/C23H22N4O2S/c1-4-26-11-15(9-19-14(3)24-23-27(19)10-13(2)30-23)21-17(12-26)20(22(28)29)16-7-5-6-8-18(16)25-21/h5-10H,4,11-12H2,1-3H3,(H,28,29)/b15-9+. The highest BCUT2D eigenvalue weighted by Gasteiger charge is 2.28. The molecule has 1 aliphatic heterocycles. The Morgan fingerprint density at radius 2 is 2.03 bits per heavy atom. The van der Waals surface area contributed by atoms with E-state index >= 15 is 0 Å². The lowest BCUT2D eigenvalue weighted by Gasteiger charge is -2.30. The fourth-order valence-corrected chi connectivity index (χ4v) is 5.15. The lowest BCUT2D eigenvalue weighted by Crippen LogP contribution is -2.31. The Morgan fingerprint density at radius 3 is 2.80 bits per heavy atom. The minimum absolute atomic E-state index is 0.362. The molecular weight excluding hydrogens is 396 g/mol. The lowest BCUT2D eigenvalue weighted by atomic mass is 9.92. The number of rotatable bonds is 3. The molecule has 0 radical (unpaired) electrons. The summed E-state index contributed by atoms with van der Waals surface area (Å²) in [6.07, 6.45) is 4.24. The quantitative estimate of drug-likeness (QED) is 0.525. The van der Waals surface area contributed by atoms with E-state index in [-0.39, 0.29) is 0 Å². The van der Waals surface area contributed by atoms with Crippen LogP contribution in [-0.4, -0.2) is 43.4 Å². The molecule has 0 atom stereocenters. The fourth-order valence-electron chi connectivity index (χ4n) is 4.27. The average molecular weight is 419 g/mol. The van der Waals surface area contributed by atoms with Gasteiger partial charge >= 0.3 is 5.97 Å². The molecule has 0 spiro atoms. The predicted octanol–water partition coefficient (Wildman–Crippen LogP) is 4.64. The third-order valence-corrected chi connectivity index (χ3v) is 6.61. The highest BCUT2D eigenvalue weighted by atomic mass is 32.1. The number of pyridine rings is 1. The van der Waals surface area contributed by atoms with E-state index in [2.05, 4.69) is 35.4 Å². The Morgan fingerprint density at radius 1 is 1.23 bits per heavy atom. The Bertz CT molecular complexity index is 1350. The highest BCUT2D eigenvalue weighted by molar-refractivity contribution is 7.17. The van der Waals surface area contributed by atoms with E-state index in [0.29, 0.717) is 23.0 Å². The predicted molar refractivity (Wildman–Crippen MR) is 120 cm³/mol. The molecule has 1 aromatic carbocycles. The molecule has 30 heavy (non-hydrogen) atoms. The van der Waals surface area contributed by atoms with Gasteiger partial charge in [0.25, 0.3) is 0 Å². The zero-order valence-corrected chi connectivity index (χ0v) is 18.0. The number of carboxylic acid groups (broad SMARTS) is 1. The fraction of sp³-hybridized carbons (Fsp3) is 0.261. The van der Waals surface area contributed by atoms with Crippen molar-refractivity contribution in [2.24, 2.45) is 0 Å². The van der Waals surface area contributed by atoms with Crippen LogP contribution >= 0.6 is 11.3 Å². The first-order chi connectivity index (χ1) is 14.5. The van der Waals surface area contributed by atoms with Crippen molar-refractivity contribution in [2.45, 2.75) is 27.3 Å². The number of aromatic nitrogens is 3. The zero-order valence-electron chi connectivity index (χ0n) is 17.1. The number of fused-ring (bicyclic) bond motifs is 3. The van der Waals surface area contributed by atoms with Gasteiger partial charge < -0.3 is 5.11 Å². The number of nitrogens with zero attached hydrogens (tertiary/aromatic N) is 4. The minimum Gasteiger partial charge on any atom is -0.478 e. The summed E-state index contributed by atoms with van der Waals surface area (Å²) in [4.78, 5) is 26.3. The number of aryl methyl sites for hydroxylation is 2. The molecule has 1 N–H and O–H groups in total. The van der Waals surface area contributed by atoms with E-state index in [1.54, 1.807) is 11.3 Å². The molecule has 0 saturated carbocycles. The van der Waals surface area contributed by atoms with Crippen LogP contribution in [-0.2, 0) is 6.54 Å². The van der Waals surface area contributed by atoms with Crippen molar-refractivity contribution in [2.75, 3.05) is 13.1 Å². The maximum absolute atomic E-state index is 12.3. The number of aromatic carboxylic acids is 1. The van der Waals surface area contributed by atoms with Crippen LogP contribution in [0.25, 0.3) is 27.5 Å². The number of imidazole rings is 1. The third kappa shape index (κ3) is 2.93. The minimum atomic E-state index is -0.904. The Balaban J connectivity index is 1.80. The van der Waals surface area contributed by atoms with Crippen LogP contribution < -0.4 is 0 Å². The summed E-state index contributed by atoms with van der Waals surface area (Å²) in [7, 11) is 0. The van der Waals surface area contributed by atoms with E-state index in [9.17, 15) is 9.90 Å². The SMILES string of the molecule is CCN1C/C(=C\c2c(C)nc3sc(C)cn23)c2nc3ccccc3c(C(=O)O)c2C1. The molecule has 0 unspecified atom stereocenters. The molecule has 0 aliphatic carbocycles. The van der Waals surface area contributed by atoms with Gasteiger partial charge in [-0.2, -0.15) is 0 Å². The van der Waals surface area contributed by atoms with Crippen molar-refractivity contribution in [1.29, 1.82) is 0 Å². The second-order valence-electron chi connectivity index (χ2n) is 7.69. The number of hydrogen-bond donors (Lipinski definition) is 1. The first kappa shape index (κ1) is 19.0. The smallest absolute Gasteiger partial charge is 0.336 e. The summed E-state index contributed by atoms with van der Waals surface area (Å²) < 4.78 is 2.12. The molecule has 152 valence electrons. The van der Waals surface area contributed by atoms with Gasteiger partial charge in [-0.25, -0.2) is 14.8 Å².